The number of nitriles is 1. The molecule has 2 rings (SSSR count). The van der Waals surface area contributed by atoms with Crippen molar-refractivity contribution < 1.29 is 9.47 Å². The lowest BCUT2D eigenvalue weighted by molar-refractivity contribution is 0.217. The minimum absolute atomic E-state index is 0.325. The maximum Gasteiger partial charge on any atom is 0.171 e. The Bertz CT molecular complexity index is 581. The van der Waals surface area contributed by atoms with E-state index in [4.69, 9.17) is 9.47 Å². The highest BCUT2D eigenvalue weighted by atomic mass is 32.2. The zero-order chi connectivity index (χ0) is 14.5. The van der Waals surface area contributed by atoms with Gasteiger partial charge in [0, 0.05) is 5.75 Å². The van der Waals surface area contributed by atoms with Crippen molar-refractivity contribution in [3.8, 4) is 6.07 Å². The van der Waals surface area contributed by atoms with Crippen LogP contribution < -0.4 is 0 Å². The Hall–Kier alpha value is -1.86. The number of methoxy groups -OCH3 is 2. The fourth-order valence-corrected chi connectivity index (χ4v) is 3.21. The van der Waals surface area contributed by atoms with E-state index < -0.39 is 0 Å². The lowest BCUT2D eigenvalue weighted by Crippen LogP contribution is -2.09. The molecule has 104 valence electrons. The van der Waals surface area contributed by atoms with Crippen molar-refractivity contribution in [2.75, 3.05) is 20.0 Å². The molecule has 0 bridgehead atoms. The van der Waals surface area contributed by atoms with Gasteiger partial charge >= 0.3 is 0 Å². The summed E-state index contributed by atoms with van der Waals surface area (Å²) in [5.41, 5.74) is 2.16. The normalized spacial score (nSPS) is 16.2. The molecule has 0 N–H and O–H groups in total. The van der Waals surface area contributed by atoms with E-state index in [0.717, 1.165) is 16.2 Å². The van der Waals surface area contributed by atoms with Crippen molar-refractivity contribution in [3.63, 3.8) is 0 Å². The van der Waals surface area contributed by atoms with Crippen LogP contribution in [0.15, 0.2) is 46.8 Å². The molecule has 0 amide bonds. The fraction of sp³-hybridized carbons (Fsp3) is 0.312. The van der Waals surface area contributed by atoms with Crippen molar-refractivity contribution in [3.05, 3.63) is 57.9 Å². The second kappa shape index (κ2) is 6.53. The van der Waals surface area contributed by atoms with Gasteiger partial charge in [0.15, 0.2) is 11.5 Å². The Kier molecular flexibility index (Phi) is 4.75. The summed E-state index contributed by atoms with van der Waals surface area (Å²) >= 11 is 1.62. The number of allylic oxidation sites excluding steroid dienone is 1. The van der Waals surface area contributed by atoms with E-state index in [1.807, 2.05) is 37.3 Å². The number of aryl methyl sites for hydroxylation is 1. The average Bonchev–Trinajstić information content (AvgIpc) is 2.49. The van der Waals surface area contributed by atoms with Crippen molar-refractivity contribution >= 4 is 11.8 Å². The first kappa shape index (κ1) is 14.5. The van der Waals surface area contributed by atoms with Gasteiger partial charge < -0.3 is 9.47 Å². The number of benzene rings is 1. The molecule has 0 fully saturated rings. The third kappa shape index (κ3) is 2.83. The molecular formula is C16H17NO2S. The summed E-state index contributed by atoms with van der Waals surface area (Å²) in [5.74, 6) is 1.83. The van der Waals surface area contributed by atoms with Gasteiger partial charge in [0.25, 0.3) is 0 Å². The van der Waals surface area contributed by atoms with Crippen LogP contribution in [-0.4, -0.2) is 20.0 Å². The third-order valence-corrected chi connectivity index (χ3v) is 4.25. The summed E-state index contributed by atoms with van der Waals surface area (Å²) in [6.45, 7) is 2.03. The van der Waals surface area contributed by atoms with Gasteiger partial charge in [-0.2, -0.15) is 5.26 Å². The summed E-state index contributed by atoms with van der Waals surface area (Å²) in [6, 6.07) is 10.4. The van der Waals surface area contributed by atoms with E-state index in [-0.39, 0.29) is 5.92 Å². The number of hydrogen-bond acceptors (Lipinski definition) is 4. The molecule has 1 aliphatic rings. The van der Waals surface area contributed by atoms with Crippen LogP contribution in [0, 0.1) is 18.3 Å². The Morgan fingerprint density at radius 1 is 1.20 bits per heavy atom. The maximum atomic E-state index is 9.56. The average molecular weight is 287 g/mol. The predicted octanol–water partition coefficient (Wildman–Crippen LogP) is 3.74. The Morgan fingerprint density at radius 3 is 2.45 bits per heavy atom. The smallest absolute Gasteiger partial charge is 0.171 e. The van der Waals surface area contributed by atoms with Crippen molar-refractivity contribution in [2.24, 2.45) is 0 Å². The van der Waals surface area contributed by atoms with E-state index in [9.17, 15) is 5.26 Å². The molecule has 0 saturated heterocycles. The first-order valence-electron chi connectivity index (χ1n) is 6.33. The maximum absolute atomic E-state index is 9.56. The Labute approximate surface area is 123 Å². The SMILES string of the molecule is COC1=CCSC(C(C#N)c2ccc(C)cc2)=C1OC. The number of ether oxygens (including phenoxy) is 2. The number of rotatable bonds is 4. The van der Waals surface area contributed by atoms with Gasteiger partial charge in [0.05, 0.1) is 25.2 Å². The number of thioether (sulfide) groups is 1. The fourth-order valence-electron chi connectivity index (χ4n) is 2.12. The standard InChI is InChI=1S/C16H17NO2S/c1-11-4-6-12(7-5-11)13(10-17)16-15(19-3)14(18-2)8-9-20-16/h4-8,13H,9H2,1-3H3. The molecule has 1 heterocycles. The van der Waals surface area contributed by atoms with Crippen LogP contribution in [-0.2, 0) is 9.47 Å². The van der Waals surface area contributed by atoms with E-state index >= 15 is 0 Å². The summed E-state index contributed by atoms with van der Waals surface area (Å²) in [5, 5.41) is 9.56. The first-order valence-corrected chi connectivity index (χ1v) is 7.31. The largest absolute Gasteiger partial charge is 0.493 e. The molecule has 0 aliphatic carbocycles. The zero-order valence-electron chi connectivity index (χ0n) is 11.8. The van der Waals surface area contributed by atoms with Crippen LogP contribution >= 0.6 is 11.8 Å². The van der Waals surface area contributed by atoms with Crippen molar-refractivity contribution in [2.45, 2.75) is 12.8 Å². The molecular weight excluding hydrogens is 270 g/mol. The van der Waals surface area contributed by atoms with Gasteiger partial charge in [0.2, 0.25) is 0 Å². The molecule has 0 spiro atoms. The summed E-state index contributed by atoms with van der Waals surface area (Å²) < 4.78 is 10.8. The summed E-state index contributed by atoms with van der Waals surface area (Å²) in [7, 11) is 3.23. The minimum atomic E-state index is -0.325. The quantitative estimate of drug-likeness (QED) is 0.846. The van der Waals surface area contributed by atoms with Gasteiger partial charge in [-0.05, 0) is 18.6 Å². The highest BCUT2D eigenvalue weighted by Crippen LogP contribution is 2.40. The van der Waals surface area contributed by atoms with Crippen molar-refractivity contribution in [1.29, 1.82) is 5.26 Å². The first-order chi connectivity index (χ1) is 9.71. The third-order valence-electron chi connectivity index (χ3n) is 3.18. The molecule has 1 aromatic carbocycles. The summed E-state index contributed by atoms with van der Waals surface area (Å²) in [6.07, 6.45) is 1.97. The van der Waals surface area contributed by atoms with Gasteiger partial charge in [-0.3, -0.25) is 0 Å². The molecule has 4 heteroatoms. The molecule has 1 atom stereocenters. The van der Waals surface area contributed by atoms with Gasteiger partial charge in [-0.15, -0.1) is 11.8 Å². The van der Waals surface area contributed by atoms with E-state index in [1.54, 1.807) is 26.0 Å². The predicted molar refractivity (Wildman–Crippen MR) is 81.1 cm³/mol. The summed E-state index contributed by atoms with van der Waals surface area (Å²) in [4.78, 5) is 0.915. The van der Waals surface area contributed by atoms with Gasteiger partial charge in [0.1, 0.15) is 5.92 Å². The Balaban J connectivity index is 2.45. The van der Waals surface area contributed by atoms with Crippen LogP contribution in [0.1, 0.15) is 17.0 Å². The van der Waals surface area contributed by atoms with Crippen LogP contribution in [0.3, 0.4) is 0 Å². The topological polar surface area (TPSA) is 42.2 Å². The monoisotopic (exact) mass is 287 g/mol. The van der Waals surface area contributed by atoms with E-state index in [2.05, 4.69) is 6.07 Å². The van der Waals surface area contributed by atoms with E-state index in [0.29, 0.717) is 11.5 Å². The lowest BCUT2D eigenvalue weighted by Gasteiger charge is -2.22. The highest BCUT2D eigenvalue weighted by molar-refractivity contribution is 8.03. The molecule has 0 saturated carbocycles. The number of hydrogen-bond donors (Lipinski definition) is 0. The molecule has 1 unspecified atom stereocenters. The van der Waals surface area contributed by atoms with Crippen LogP contribution in [0.25, 0.3) is 0 Å². The highest BCUT2D eigenvalue weighted by Gasteiger charge is 2.26. The molecule has 0 aromatic heterocycles. The van der Waals surface area contributed by atoms with Crippen LogP contribution in [0.5, 0.6) is 0 Å². The second-order valence-electron chi connectivity index (χ2n) is 4.45. The molecule has 1 aliphatic heterocycles. The Morgan fingerprint density at radius 2 is 1.90 bits per heavy atom. The molecule has 20 heavy (non-hydrogen) atoms. The molecule has 3 nitrogen and oxygen atoms in total. The number of nitrogens with zero attached hydrogens (tertiary/aromatic N) is 1. The van der Waals surface area contributed by atoms with Crippen LogP contribution in [0.4, 0.5) is 0 Å². The van der Waals surface area contributed by atoms with Gasteiger partial charge in [-0.25, -0.2) is 0 Å². The van der Waals surface area contributed by atoms with Crippen LogP contribution in [0.2, 0.25) is 0 Å². The van der Waals surface area contributed by atoms with Gasteiger partial charge in [-0.1, -0.05) is 29.8 Å². The molecule has 1 aromatic rings. The second-order valence-corrected chi connectivity index (χ2v) is 5.52. The molecule has 0 radical (unpaired) electrons. The minimum Gasteiger partial charge on any atom is -0.493 e. The van der Waals surface area contributed by atoms with Crippen molar-refractivity contribution in [1.82, 2.24) is 0 Å². The lowest BCUT2D eigenvalue weighted by atomic mass is 9.98. The zero-order valence-corrected chi connectivity index (χ0v) is 12.7. The van der Waals surface area contributed by atoms with E-state index in [1.165, 1.54) is 5.56 Å².